The average molecular weight is 319 g/mol. The van der Waals surface area contributed by atoms with Crippen LogP contribution in [0.25, 0.3) is 0 Å². The largest absolute Gasteiger partial charge is 0.315 e. The van der Waals surface area contributed by atoms with Crippen molar-refractivity contribution in [2.24, 2.45) is 5.92 Å². The predicted octanol–water partition coefficient (Wildman–Crippen LogP) is 0.198. The summed E-state index contributed by atoms with van der Waals surface area (Å²) in [7, 11) is -2.85. The topological polar surface area (TPSA) is 89.8 Å². The van der Waals surface area contributed by atoms with Crippen LogP contribution >= 0.6 is 11.8 Å². The van der Waals surface area contributed by atoms with E-state index in [4.69, 9.17) is 0 Å². The van der Waals surface area contributed by atoms with Crippen LogP contribution in [0.5, 0.6) is 0 Å². The Bertz CT molecular complexity index is 529. The maximum atomic E-state index is 11.4. The molecular formula is C11H21N5O2S2. The van der Waals surface area contributed by atoms with Gasteiger partial charge in [-0.15, -0.1) is 5.10 Å². The maximum Gasteiger partial charge on any atom is 0.209 e. The Labute approximate surface area is 123 Å². The molecule has 0 aromatic carbocycles. The van der Waals surface area contributed by atoms with Crippen molar-refractivity contribution < 1.29 is 8.42 Å². The molecule has 1 N–H and O–H groups in total. The lowest BCUT2D eigenvalue weighted by molar-refractivity contribution is 0.481. The first-order chi connectivity index (χ1) is 9.46. The van der Waals surface area contributed by atoms with Crippen LogP contribution in [-0.4, -0.2) is 58.5 Å². The zero-order valence-electron chi connectivity index (χ0n) is 11.8. The first-order valence-electron chi connectivity index (χ1n) is 6.80. The summed E-state index contributed by atoms with van der Waals surface area (Å²) in [6, 6.07) is 0. The Morgan fingerprint density at radius 3 is 2.95 bits per heavy atom. The zero-order chi connectivity index (χ0) is 14.6. The lowest BCUT2D eigenvalue weighted by Gasteiger charge is -2.09. The number of thioether (sulfide) groups is 1. The molecule has 9 heteroatoms. The summed E-state index contributed by atoms with van der Waals surface area (Å²) in [5.41, 5.74) is 0. The Kier molecular flexibility index (Phi) is 5.39. The van der Waals surface area contributed by atoms with Crippen LogP contribution in [0.1, 0.15) is 20.3 Å². The van der Waals surface area contributed by atoms with Crippen LogP contribution in [0.2, 0.25) is 0 Å². The molecule has 1 saturated heterocycles. The molecule has 1 fully saturated rings. The molecule has 1 unspecified atom stereocenters. The minimum absolute atomic E-state index is 0.0772. The van der Waals surface area contributed by atoms with Crippen molar-refractivity contribution in [3.05, 3.63) is 0 Å². The fraction of sp³-hybridized carbons (Fsp3) is 0.909. The molecule has 1 atom stereocenters. The quantitative estimate of drug-likeness (QED) is 0.718. The Morgan fingerprint density at radius 2 is 2.30 bits per heavy atom. The third-order valence-corrected chi connectivity index (χ3v) is 6.23. The van der Waals surface area contributed by atoms with Crippen LogP contribution in [0, 0.1) is 5.92 Å². The molecule has 0 radical (unpaired) electrons. The molecule has 2 heterocycles. The van der Waals surface area contributed by atoms with Crippen LogP contribution < -0.4 is 5.32 Å². The van der Waals surface area contributed by atoms with E-state index in [2.05, 4.69) is 34.7 Å². The summed E-state index contributed by atoms with van der Waals surface area (Å²) < 4.78 is 24.6. The molecule has 7 nitrogen and oxygen atoms in total. The number of nitrogens with one attached hydrogen (secondary N) is 1. The van der Waals surface area contributed by atoms with Crippen LogP contribution in [0.3, 0.4) is 0 Å². The molecule has 0 aliphatic carbocycles. The Hall–Kier alpha value is -0.670. The Balaban J connectivity index is 1.83. The van der Waals surface area contributed by atoms with Crippen LogP contribution in [0.15, 0.2) is 5.16 Å². The van der Waals surface area contributed by atoms with Gasteiger partial charge in [-0.25, -0.2) is 13.1 Å². The number of rotatable bonds is 7. The molecule has 114 valence electrons. The second-order valence-electron chi connectivity index (χ2n) is 5.43. The van der Waals surface area contributed by atoms with E-state index < -0.39 is 9.84 Å². The van der Waals surface area contributed by atoms with Gasteiger partial charge >= 0.3 is 0 Å². The van der Waals surface area contributed by atoms with Crippen molar-refractivity contribution in [1.82, 2.24) is 25.5 Å². The van der Waals surface area contributed by atoms with E-state index in [1.165, 1.54) is 11.8 Å². The van der Waals surface area contributed by atoms with E-state index in [0.717, 1.165) is 13.1 Å². The van der Waals surface area contributed by atoms with Crippen LogP contribution in [-0.2, 0) is 16.4 Å². The van der Waals surface area contributed by atoms with Gasteiger partial charge in [0.15, 0.2) is 9.84 Å². The van der Waals surface area contributed by atoms with Gasteiger partial charge < -0.3 is 5.32 Å². The molecule has 2 rings (SSSR count). The monoisotopic (exact) mass is 319 g/mol. The predicted molar refractivity (Wildman–Crippen MR) is 78.4 cm³/mol. The molecule has 1 aromatic rings. The normalized spacial score (nSPS) is 21.6. The highest BCUT2D eigenvalue weighted by molar-refractivity contribution is 8.01. The number of hydrogen-bond acceptors (Lipinski definition) is 7. The number of aromatic nitrogens is 4. The average Bonchev–Trinajstić information content (AvgIpc) is 2.92. The first-order valence-corrected chi connectivity index (χ1v) is 9.50. The molecular weight excluding hydrogens is 298 g/mol. The van der Waals surface area contributed by atoms with Crippen molar-refractivity contribution in [2.45, 2.75) is 37.2 Å². The van der Waals surface area contributed by atoms with E-state index in [-0.39, 0.29) is 16.8 Å². The molecule has 1 aromatic heterocycles. The van der Waals surface area contributed by atoms with E-state index in [0.29, 0.717) is 24.0 Å². The minimum Gasteiger partial charge on any atom is -0.315 e. The fourth-order valence-corrected chi connectivity index (χ4v) is 5.45. The van der Waals surface area contributed by atoms with Gasteiger partial charge in [0.05, 0.1) is 18.1 Å². The third kappa shape index (κ3) is 4.71. The van der Waals surface area contributed by atoms with Gasteiger partial charge in [-0.2, -0.15) is 0 Å². The van der Waals surface area contributed by atoms with Gasteiger partial charge in [-0.3, -0.25) is 0 Å². The number of nitrogens with zero attached hydrogens (tertiary/aromatic N) is 4. The highest BCUT2D eigenvalue weighted by atomic mass is 32.2. The van der Waals surface area contributed by atoms with E-state index in [1.54, 1.807) is 4.68 Å². The smallest absolute Gasteiger partial charge is 0.209 e. The van der Waals surface area contributed by atoms with Crippen molar-refractivity contribution in [3.63, 3.8) is 0 Å². The number of tetrazole rings is 1. The molecule has 0 amide bonds. The summed E-state index contributed by atoms with van der Waals surface area (Å²) in [5, 5.41) is 15.7. The van der Waals surface area contributed by atoms with Gasteiger partial charge in [0.1, 0.15) is 0 Å². The molecule has 0 bridgehead atoms. The highest BCUT2D eigenvalue weighted by Gasteiger charge is 2.30. The molecule has 20 heavy (non-hydrogen) atoms. The van der Waals surface area contributed by atoms with Gasteiger partial charge in [0.25, 0.3) is 0 Å². The maximum absolute atomic E-state index is 11.4. The van der Waals surface area contributed by atoms with Crippen LogP contribution in [0.4, 0.5) is 0 Å². The third-order valence-electron chi connectivity index (χ3n) is 3.01. The second kappa shape index (κ2) is 6.86. The standard InChI is InChI=1S/C11H21N5O2S2/c1-9(2)7-12-4-5-16-11(13-14-15-16)19-10-3-6-20(17,18)8-10/h9-10,12H,3-8H2,1-2H3. The van der Waals surface area contributed by atoms with Gasteiger partial charge in [-0.1, -0.05) is 25.6 Å². The SMILES string of the molecule is CC(C)CNCCn1nnnc1SC1CCS(=O)(=O)C1. The van der Waals surface area contributed by atoms with Crippen molar-refractivity contribution >= 4 is 21.6 Å². The molecule has 1 aliphatic rings. The number of sulfone groups is 1. The first kappa shape index (κ1) is 15.7. The van der Waals surface area contributed by atoms with Crippen molar-refractivity contribution in [2.75, 3.05) is 24.6 Å². The molecule has 0 saturated carbocycles. The molecule has 0 spiro atoms. The summed E-state index contributed by atoms with van der Waals surface area (Å²) >= 11 is 1.47. The summed E-state index contributed by atoms with van der Waals surface area (Å²) in [6.07, 6.45) is 0.686. The van der Waals surface area contributed by atoms with E-state index >= 15 is 0 Å². The van der Waals surface area contributed by atoms with Gasteiger partial charge in [0.2, 0.25) is 5.16 Å². The summed E-state index contributed by atoms with van der Waals surface area (Å²) in [6.45, 7) is 6.78. The lowest BCUT2D eigenvalue weighted by Crippen LogP contribution is -2.24. The fourth-order valence-electron chi connectivity index (χ4n) is 2.00. The van der Waals surface area contributed by atoms with Crippen molar-refractivity contribution in [1.29, 1.82) is 0 Å². The molecule has 1 aliphatic heterocycles. The van der Waals surface area contributed by atoms with E-state index in [9.17, 15) is 8.42 Å². The summed E-state index contributed by atoms with van der Waals surface area (Å²) in [4.78, 5) is 0. The summed E-state index contributed by atoms with van der Waals surface area (Å²) in [5.74, 6) is 1.12. The number of hydrogen-bond donors (Lipinski definition) is 1. The minimum atomic E-state index is -2.85. The van der Waals surface area contributed by atoms with Gasteiger partial charge in [-0.05, 0) is 29.3 Å². The van der Waals surface area contributed by atoms with Crippen molar-refractivity contribution in [3.8, 4) is 0 Å². The second-order valence-corrected chi connectivity index (χ2v) is 8.92. The van der Waals surface area contributed by atoms with Gasteiger partial charge in [0, 0.05) is 11.8 Å². The zero-order valence-corrected chi connectivity index (χ0v) is 13.5. The van der Waals surface area contributed by atoms with E-state index in [1.807, 2.05) is 0 Å². The Morgan fingerprint density at radius 1 is 1.50 bits per heavy atom. The highest BCUT2D eigenvalue weighted by Crippen LogP contribution is 2.29. The lowest BCUT2D eigenvalue weighted by atomic mass is 10.2.